The molecule has 1 aromatic heterocycles. The second-order valence-corrected chi connectivity index (χ2v) is 1.59. The zero-order valence-electron chi connectivity index (χ0n) is 5.00. The second kappa shape index (κ2) is 2.39. The summed E-state index contributed by atoms with van der Waals surface area (Å²) >= 11 is 0. The lowest BCUT2D eigenvalue weighted by molar-refractivity contribution is -0.107. The van der Waals surface area contributed by atoms with Crippen molar-refractivity contribution in [3.05, 3.63) is 11.8 Å². The van der Waals surface area contributed by atoms with Crippen molar-refractivity contribution in [2.45, 2.75) is 13.3 Å². The van der Waals surface area contributed by atoms with Crippen LogP contribution in [0.3, 0.4) is 0 Å². The van der Waals surface area contributed by atoms with Gasteiger partial charge in [0.1, 0.15) is 6.29 Å². The minimum absolute atomic E-state index is 0.209. The molecule has 0 spiro atoms. The predicted octanol–water partition coefficient (Wildman–Crippen LogP) is 0.119. The van der Waals surface area contributed by atoms with E-state index in [-0.39, 0.29) is 6.42 Å². The van der Waals surface area contributed by atoms with Gasteiger partial charge in [0.25, 0.3) is 0 Å². The third-order valence-corrected chi connectivity index (χ3v) is 0.826. The molecule has 0 unspecified atom stereocenters. The summed E-state index contributed by atoms with van der Waals surface area (Å²) in [6.07, 6.45) is 0.938. The van der Waals surface area contributed by atoms with Gasteiger partial charge in [0.2, 0.25) is 11.8 Å². The second-order valence-electron chi connectivity index (χ2n) is 1.59. The molecular formula is C5H6N2O2. The van der Waals surface area contributed by atoms with Crippen LogP contribution in [0.4, 0.5) is 0 Å². The minimum Gasteiger partial charge on any atom is -0.425 e. The number of rotatable bonds is 2. The maximum Gasteiger partial charge on any atom is 0.223 e. The van der Waals surface area contributed by atoms with Gasteiger partial charge in [-0.15, -0.1) is 10.2 Å². The lowest BCUT2D eigenvalue weighted by atomic mass is 10.5. The standard InChI is InChI=1S/C5H6N2O2/c1-4-6-7-5(9-4)2-3-8/h3H,2H2,1H3. The molecular weight excluding hydrogens is 120 g/mol. The molecule has 0 aliphatic heterocycles. The summed E-state index contributed by atoms with van der Waals surface area (Å²) in [4.78, 5) is 9.86. The Kier molecular flexibility index (Phi) is 1.58. The van der Waals surface area contributed by atoms with Crippen molar-refractivity contribution < 1.29 is 9.21 Å². The van der Waals surface area contributed by atoms with E-state index in [1.165, 1.54) is 0 Å². The van der Waals surface area contributed by atoms with Crippen LogP contribution in [0.5, 0.6) is 0 Å². The lowest BCUT2D eigenvalue weighted by Gasteiger charge is -1.77. The van der Waals surface area contributed by atoms with Crippen LogP contribution in [0.2, 0.25) is 0 Å². The van der Waals surface area contributed by atoms with Crippen LogP contribution in [0, 0.1) is 6.92 Å². The highest BCUT2D eigenvalue weighted by Crippen LogP contribution is 1.95. The SMILES string of the molecule is Cc1nnc(CC=O)o1. The first-order chi connectivity index (χ1) is 4.33. The monoisotopic (exact) mass is 126 g/mol. The molecule has 48 valence electrons. The van der Waals surface area contributed by atoms with Crippen molar-refractivity contribution in [2.75, 3.05) is 0 Å². The average Bonchev–Trinajstić information content (AvgIpc) is 2.17. The molecule has 0 fully saturated rings. The number of nitrogens with zero attached hydrogens (tertiary/aromatic N) is 2. The zero-order valence-corrected chi connectivity index (χ0v) is 5.00. The van der Waals surface area contributed by atoms with Crippen LogP contribution in [-0.4, -0.2) is 16.5 Å². The Balaban J connectivity index is 2.72. The molecule has 1 aromatic rings. The van der Waals surface area contributed by atoms with Crippen LogP contribution >= 0.6 is 0 Å². The van der Waals surface area contributed by atoms with E-state index in [1.54, 1.807) is 6.92 Å². The number of aromatic nitrogens is 2. The Morgan fingerprint density at radius 1 is 1.67 bits per heavy atom. The highest BCUT2D eigenvalue weighted by Gasteiger charge is 1.98. The fraction of sp³-hybridized carbons (Fsp3) is 0.400. The van der Waals surface area contributed by atoms with Gasteiger partial charge in [-0.05, 0) is 0 Å². The highest BCUT2D eigenvalue weighted by atomic mass is 16.4. The van der Waals surface area contributed by atoms with Gasteiger partial charge in [0, 0.05) is 6.92 Å². The number of hydrogen-bond donors (Lipinski definition) is 0. The number of aryl methyl sites for hydroxylation is 1. The van der Waals surface area contributed by atoms with E-state index in [1.807, 2.05) is 0 Å². The molecule has 4 nitrogen and oxygen atoms in total. The summed E-state index contributed by atoms with van der Waals surface area (Å²) in [5, 5.41) is 7.12. The van der Waals surface area contributed by atoms with Gasteiger partial charge in [-0.2, -0.15) is 0 Å². The Hall–Kier alpha value is -1.19. The van der Waals surface area contributed by atoms with Crippen molar-refractivity contribution in [2.24, 2.45) is 0 Å². The van der Waals surface area contributed by atoms with Gasteiger partial charge in [-0.1, -0.05) is 0 Å². The van der Waals surface area contributed by atoms with Gasteiger partial charge in [-0.3, -0.25) is 0 Å². The molecule has 9 heavy (non-hydrogen) atoms. The van der Waals surface area contributed by atoms with E-state index in [0.717, 1.165) is 6.29 Å². The van der Waals surface area contributed by atoms with Gasteiger partial charge < -0.3 is 9.21 Å². The van der Waals surface area contributed by atoms with Gasteiger partial charge >= 0.3 is 0 Å². The van der Waals surface area contributed by atoms with Crippen molar-refractivity contribution >= 4 is 6.29 Å². The van der Waals surface area contributed by atoms with Gasteiger partial charge in [-0.25, -0.2) is 0 Å². The number of hydrogen-bond acceptors (Lipinski definition) is 4. The van der Waals surface area contributed by atoms with Crippen molar-refractivity contribution in [3.63, 3.8) is 0 Å². The van der Waals surface area contributed by atoms with Crippen LogP contribution in [0.25, 0.3) is 0 Å². The first-order valence-electron chi connectivity index (χ1n) is 2.55. The van der Waals surface area contributed by atoms with E-state index in [0.29, 0.717) is 11.8 Å². The molecule has 0 saturated heterocycles. The molecule has 0 amide bonds. The first-order valence-corrected chi connectivity index (χ1v) is 2.55. The third kappa shape index (κ3) is 1.35. The predicted molar refractivity (Wildman–Crippen MR) is 28.8 cm³/mol. The van der Waals surface area contributed by atoms with E-state index in [9.17, 15) is 4.79 Å². The van der Waals surface area contributed by atoms with Gasteiger partial charge in [0.15, 0.2) is 0 Å². The smallest absolute Gasteiger partial charge is 0.223 e. The highest BCUT2D eigenvalue weighted by molar-refractivity contribution is 5.51. The third-order valence-electron chi connectivity index (χ3n) is 0.826. The Morgan fingerprint density at radius 2 is 2.44 bits per heavy atom. The quantitative estimate of drug-likeness (QED) is 0.528. The van der Waals surface area contributed by atoms with Gasteiger partial charge in [0.05, 0.1) is 6.42 Å². The number of aldehydes is 1. The van der Waals surface area contributed by atoms with E-state index < -0.39 is 0 Å². The molecule has 1 heterocycles. The van der Waals surface area contributed by atoms with E-state index >= 15 is 0 Å². The summed E-state index contributed by atoms with van der Waals surface area (Å²) in [6.45, 7) is 1.68. The fourth-order valence-electron chi connectivity index (χ4n) is 0.491. The molecule has 0 aromatic carbocycles. The van der Waals surface area contributed by atoms with E-state index in [2.05, 4.69) is 10.2 Å². The van der Waals surface area contributed by atoms with Crippen molar-refractivity contribution in [1.82, 2.24) is 10.2 Å². The summed E-state index contributed by atoms with van der Waals surface area (Å²) in [7, 11) is 0. The topological polar surface area (TPSA) is 56.0 Å². The number of carbonyl (C=O) groups excluding carboxylic acids is 1. The Bertz CT molecular complexity index is 206. The minimum atomic E-state index is 0.209. The Morgan fingerprint density at radius 3 is 2.89 bits per heavy atom. The first kappa shape index (κ1) is 5.94. The van der Waals surface area contributed by atoms with Crippen LogP contribution < -0.4 is 0 Å². The molecule has 0 atom stereocenters. The lowest BCUT2D eigenvalue weighted by Crippen LogP contribution is -1.83. The maximum absolute atomic E-state index is 9.86. The normalized spacial score (nSPS) is 9.44. The zero-order chi connectivity index (χ0) is 6.69. The van der Waals surface area contributed by atoms with Crippen LogP contribution in [0.1, 0.15) is 11.8 Å². The molecule has 0 bridgehead atoms. The van der Waals surface area contributed by atoms with Crippen molar-refractivity contribution in [3.8, 4) is 0 Å². The largest absolute Gasteiger partial charge is 0.425 e. The molecule has 0 radical (unpaired) electrons. The Labute approximate surface area is 51.9 Å². The average molecular weight is 126 g/mol. The summed E-state index contributed by atoms with van der Waals surface area (Å²) < 4.78 is 4.87. The molecule has 4 heteroatoms. The summed E-state index contributed by atoms with van der Waals surface area (Å²) in [5.74, 6) is 0.870. The molecule has 0 aliphatic carbocycles. The van der Waals surface area contributed by atoms with Crippen LogP contribution in [-0.2, 0) is 11.2 Å². The fourth-order valence-corrected chi connectivity index (χ4v) is 0.491. The van der Waals surface area contributed by atoms with Crippen LogP contribution in [0.15, 0.2) is 4.42 Å². The summed E-state index contributed by atoms with van der Waals surface area (Å²) in [5.41, 5.74) is 0. The molecule has 1 rings (SSSR count). The molecule has 0 aliphatic rings. The molecule has 0 N–H and O–H groups in total. The maximum atomic E-state index is 9.86. The van der Waals surface area contributed by atoms with E-state index in [4.69, 9.17) is 4.42 Å². The number of carbonyl (C=O) groups is 1. The van der Waals surface area contributed by atoms with Crippen molar-refractivity contribution in [1.29, 1.82) is 0 Å². The summed E-state index contributed by atoms with van der Waals surface area (Å²) in [6, 6.07) is 0. The molecule has 0 saturated carbocycles.